The van der Waals surface area contributed by atoms with Crippen LogP contribution in [-0.4, -0.2) is 27.4 Å². The molecule has 0 radical (unpaired) electrons. The Bertz CT molecular complexity index is 1050. The molecule has 3 rings (SSSR count). The molecule has 0 aliphatic heterocycles. The van der Waals surface area contributed by atoms with Gasteiger partial charge in [0.1, 0.15) is 11.6 Å². The van der Waals surface area contributed by atoms with Crippen molar-refractivity contribution in [2.75, 3.05) is 17.2 Å². The average molecular weight is 442 g/mol. The van der Waals surface area contributed by atoms with Crippen LogP contribution in [0.1, 0.15) is 18.2 Å². The molecule has 144 valence electrons. The van der Waals surface area contributed by atoms with Gasteiger partial charge in [-0.15, -0.1) is 0 Å². The minimum absolute atomic E-state index is 0.0852. The first-order chi connectivity index (χ1) is 13.4. The number of hydrogen-bond donors (Lipinski definition) is 3. The van der Waals surface area contributed by atoms with Gasteiger partial charge in [0.05, 0.1) is 6.54 Å². The number of pyridine rings is 1. The number of halogens is 1. The summed E-state index contributed by atoms with van der Waals surface area (Å²) in [5.41, 5.74) is 3.01. The number of nitrogens with zero attached hydrogens (tertiary/aromatic N) is 2. The van der Waals surface area contributed by atoms with E-state index >= 15 is 0 Å². The predicted octanol–water partition coefficient (Wildman–Crippen LogP) is 3.52. The van der Waals surface area contributed by atoms with Crippen molar-refractivity contribution >= 4 is 33.3 Å². The van der Waals surface area contributed by atoms with E-state index in [2.05, 4.69) is 41.5 Å². The van der Waals surface area contributed by atoms with E-state index in [0.717, 1.165) is 21.4 Å². The number of amides is 1. The Morgan fingerprint density at radius 2 is 2.04 bits per heavy atom. The van der Waals surface area contributed by atoms with E-state index < -0.39 is 0 Å². The number of benzene rings is 1. The quantitative estimate of drug-likeness (QED) is 0.543. The zero-order valence-electron chi connectivity index (χ0n) is 15.5. The molecule has 0 saturated heterocycles. The van der Waals surface area contributed by atoms with Gasteiger partial charge in [-0.25, -0.2) is 9.97 Å². The second kappa shape index (κ2) is 8.79. The van der Waals surface area contributed by atoms with E-state index in [4.69, 9.17) is 0 Å². The van der Waals surface area contributed by atoms with Crippen molar-refractivity contribution < 1.29 is 4.79 Å². The van der Waals surface area contributed by atoms with Gasteiger partial charge in [0.25, 0.3) is 5.56 Å². The molecule has 3 aromatic rings. The number of hydrogen-bond acceptors (Lipinski definition) is 5. The summed E-state index contributed by atoms with van der Waals surface area (Å²) >= 11 is 3.43. The van der Waals surface area contributed by atoms with Gasteiger partial charge < -0.3 is 15.6 Å². The average Bonchev–Trinajstić information content (AvgIpc) is 2.69. The van der Waals surface area contributed by atoms with Crippen LogP contribution in [-0.2, 0) is 11.2 Å². The molecule has 1 amide bonds. The molecular formula is C20H20BrN5O2. The van der Waals surface area contributed by atoms with Crippen molar-refractivity contribution in [3.05, 3.63) is 68.7 Å². The van der Waals surface area contributed by atoms with E-state index in [0.29, 0.717) is 23.6 Å². The Labute approximate surface area is 170 Å². The maximum atomic E-state index is 12.1. The lowest BCUT2D eigenvalue weighted by atomic mass is 10.2. The van der Waals surface area contributed by atoms with E-state index in [1.807, 2.05) is 32.0 Å². The topological polar surface area (TPSA) is 99.8 Å². The third kappa shape index (κ3) is 5.04. The number of aromatic nitrogens is 3. The highest BCUT2D eigenvalue weighted by Gasteiger charge is 2.07. The third-order valence-corrected chi connectivity index (χ3v) is 4.96. The standard InChI is InChI=1S/C20H20BrN5O2/c1-3-14-9-18(27)26-20(25-14)13-4-7-17(22-10-13)23-11-19(28)24-15-5-6-16(21)12(2)8-15/h4-10H,3,11H2,1-2H3,(H,22,23)(H,24,28)(H,25,26,27). The number of rotatable bonds is 6. The van der Waals surface area contributed by atoms with Crippen LogP contribution in [0.2, 0.25) is 0 Å². The van der Waals surface area contributed by atoms with Crippen LogP contribution in [0.5, 0.6) is 0 Å². The molecule has 0 aliphatic rings. The SMILES string of the molecule is CCc1cc(=O)[nH]c(-c2ccc(NCC(=O)Nc3ccc(Br)c(C)c3)nc2)n1. The molecular weight excluding hydrogens is 422 g/mol. The first-order valence-electron chi connectivity index (χ1n) is 8.81. The molecule has 2 aromatic heterocycles. The van der Waals surface area contributed by atoms with Gasteiger partial charge in [-0.1, -0.05) is 22.9 Å². The lowest BCUT2D eigenvalue weighted by Crippen LogP contribution is -2.22. The summed E-state index contributed by atoms with van der Waals surface area (Å²) in [6, 6.07) is 10.6. The fraction of sp³-hybridized carbons (Fsp3) is 0.200. The molecule has 8 heteroatoms. The van der Waals surface area contributed by atoms with E-state index in [1.54, 1.807) is 18.3 Å². The highest BCUT2D eigenvalue weighted by atomic mass is 79.9. The predicted molar refractivity (Wildman–Crippen MR) is 113 cm³/mol. The summed E-state index contributed by atoms with van der Waals surface area (Å²) in [5, 5.41) is 5.82. The Balaban J connectivity index is 1.61. The van der Waals surface area contributed by atoms with E-state index in [-0.39, 0.29) is 18.0 Å². The summed E-state index contributed by atoms with van der Waals surface area (Å²) in [6.07, 6.45) is 2.28. The van der Waals surface area contributed by atoms with Gasteiger partial charge in [0.2, 0.25) is 5.91 Å². The van der Waals surface area contributed by atoms with Crippen molar-refractivity contribution in [3.8, 4) is 11.4 Å². The minimum Gasteiger partial charge on any atom is -0.361 e. The maximum absolute atomic E-state index is 12.1. The van der Waals surface area contributed by atoms with Crippen molar-refractivity contribution in [2.24, 2.45) is 0 Å². The zero-order valence-corrected chi connectivity index (χ0v) is 17.1. The summed E-state index contributed by atoms with van der Waals surface area (Å²) in [5.74, 6) is 0.862. The van der Waals surface area contributed by atoms with Crippen molar-refractivity contribution in [3.63, 3.8) is 0 Å². The van der Waals surface area contributed by atoms with Gasteiger partial charge in [-0.05, 0) is 49.2 Å². The smallest absolute Gasteiger partial charge is 0.251 e. The van der Waals surface area contributed by atoms with Crippen molar-refractivity contribution in [2.45, 2.75) is 20.3 Å². The van der Waals surface area contributed by atoms with Gasteiger partial charge in [0, 0.05) is 33.7 Å². The number of nitrogens with one attached hydrogen (secondary N) is 3. The summed E-state index contributed by atoms with van der Waals surface area (Å²) in [4.78, 5) is 35.2. The lowest BCUT2D eigenvalue weighted by Gasteiger charge is -2.09. The van der Waals surface area contributed by atoms with Crippen LogP contribution in [0.3, 0.4) is 0 Å². The highest BCUT2D eigenvalue weighted by Crippen LogP contribution is 2.20. The van der Waals surface area contributed by atoms with Crippen LogP contribution in [0.15, 0.2) is 51.9 Å². The van der Waals surface area contributed by atoms with Crippen LogP contribution < -0.4 is 16.2 Å². The molecule has 0 fully saturated rings. The molecule has 0 aliphatic carbocycles. The van der Waals surface area contributed by atoms with Gasteiger partial charge in [-0.3, -0.25) is 9.59 Å². The molecule has 2 heterocycles. The number of aryl methyl sites for hydroxylation is 2. The molecule has 1 aromatic carbocycles. The second-order valence-electron chi connectivity index (χ2n) is 6.24. The second-order valence-corrected chi connectivity index (χ2v) is 7.09. The molecule has 28 heavy (non-hydrogen) atoms. The Hall–Kier alpha value is -3.00. The lowest BCUT2D eigenvalue weighted by molar-refractivity contribution is -0.114. The van der Waals surface area contributed by atoms with E-state index in [9.17, 15) is 9.59 Å². The van der Waals surface area contributed by atoms with Gasteiger partial charge in [-0.2, -0.15) is 0 Å². The monoisotopic (exact) mass is 441 g/mol. The third-order valence-electron chi connectivity index (χ3n) is 4.07. The molecule has 7 nitrogen and oxygen atoms in total. The zero-order chi connectivity index (χ0) is 20.1. The Morgan fingerprint density at radius 1 is 1.21 bits per heavy atom. The molecule has 0 bridgehead atoms. The maximum Gasteiger partial charge on any atom is 0.251 e. The first kappa shape index (κ1) is 19.8. The summed E-state index contributed by atoms with van der Waals surface area (Å²) < 4.78 is 0.994. The van der Waals surface area contributed by atoms with Crippen LogP contribution in [0, 0.1) is 6.92 Å². The van der Waals surface area contributed by atoms with Crippen molar-refractivity contribution in [1.29, 1.82) is 0 Å². The fourth-order valence-electron chi connectivity index (χ4n) is 2.56. The summed E-state index contributed by atoms with van der Waals surface area (Å²) in [6.45, 7) is 3.99. The van der Waals surface area contributed by atoms with Crippen molar-refractivity contribution in [1.82, 2.24) is 15.0 Å². The number of carbonyl (C=O) groups excluding carboxylic acids is 1. The van der Waals surface area contributed by atoms with Crippen LogP contribution in [0.4, 0.5) is 11.5 Å². The number of anilines is 2. The summed E-state index contributed by atoms with van der Waals surface area (Å²) in [7, 11) is 0. The molecule has 0 saturated carbocycles. The van der Waals surface area contributed by atoms with Crippen LogP contribution in [0.25, 0.3) is 11.4 Å². The fourth-order valence-corrected chi connectivity index (χ4v) is 2.81. The molecule has 3 N–H and O–H groups in total. The normalized spacial score (nSPS) is 10.5. The molecule has 0 unspecified atom stereocenters. The number of carbonyl (C=O) groups is 1. The first-order valence-corrected chi connectivity index (χ1v) is 9.60. The van der Waals surface area contributed by atoms with Crippen LogP contribution >= 0.6 is 15.9 Å². The number of aromatic amines is 1. The Kier molecular flexibility index (Phi) is 6.20. The largest absolute Gasteiger partial charge is 0.361 e. The molecule has 0 atom stereocenters. The van der Waals surface area contributed by atoms with E-state index in [1.165, 1.54) is 6.07 Å². The number of H-pyrrole nitrogens is 1. The molecule has 0 spiro atoms. The minimum atomic E-state index is -0.191. The van der Waals surface area contributed by atoms with Gasteiger partial charge >= 0.3 is 0 Å². The highest BCUT2D eigenvalue weighted by molar-refractivity contribution is 9.10. The Morgan fingerprint density at radius 3 is 2.71 bits per heavy atom. The van der Waals surface area contributed by atoms with Gasteiger partial charge in [0.15, 0.2) is 0 Å².